The van der Waals surface area contributed by atoms with Gasteiger partial charge in [-0.1, -0.05) is 6.92 Å². The molecule has 0 bridgehead atoms. The van der Waals surface area contributed by atoms with Gasteiger partial charge in [0.25, 0.3) is 0 Å². The summed E-state index contributed by atoms with van der Waals surface area (Å²) in [6.07, 6.45) is 0. The van der Waals surface area contributed by atoms with E-state index in [0.29, 0.717) is 6.04 Å². The van der Waals surface area contributed by atoms with Gasteiger partial charge in [-0.25, -0.2) is 0 Å². The number of nitrogens with zero attached hydrogens (tertiary/aromatic N) is 2. The second-order valence-corrected chi connectivity index (χ2v) is 3.50. The van der Waals surface area contributed by atoms with Gasteiger partial charge in [-0.3, -0.25) is 4.90 Å². The molecule has 0 spiro atoms. The highest BCUT2D eigenvalue weighted by atomic mass is 16.3. The molecule has 3 nitrogen and oxygen atoms in total. The van der Waals surface area contributed by atoms with Crippen LogP contribution in [0.15, 0.2) is 0 Å². The Balaban J connectivity index is 2.31. The van der Waals surface area contributed by atoms with E-state index in [4.69, 9.17) is 5.11 Å². The third kappa shape index (κ3) is 2.44. The Hall–Kier alpha value is -0.120. The Morgan fingerprint density at radius 2 is 2.17 bits per heavy atom. The van der Waals surface area contributed by atoms with Crippen LogP contribution in [0.4, 0.5) is 0 Å². The Labute approximate surface area is 75.0 Å². The first-order valence-corrected chi connectivity index (χ1v) is 4.85. The predicted molar refractivity (Wildman–Crippen MR) is 50.2 cm³/mol. The second kappa shape index (κ2) is 4.80. The number of hydrogen-bond acceptors (Lipinski definition) is 3. The summed E-state index contributed by atoms with van der Waals surface area (Å²) < 4.78 is 0. The lowest BCUT2D eigenvalue weighted by Gasteiger charge is -2.39. The van der Waals surface area contributed by atoms with Crippen molar-refractivity contribution in [3.8, 4) is 0 Å². The van der Waals surface area contributed by atoms with E-state index in [1.807, 2.05) is 0 Å². The van der Waals surface area contributed by atoms with E-state index in [0.717, 1.165) is 32.7 Å². The lowest BCUT2D eigenvalue weighted by atomic mass is 10.2. The fraction of sp³-hybridized carbons (Fsp3) is 1.00. The Kier molecular flexibility index (Phi) is 3.98. The maximum atomic E-state index is 8.80. The van der Waals surface area contributed by atoms with E-state index in [2.05, 4.69) is 23.6 Å². The molecule has 0 aliphatic carbocycles. The molecule has 1 atom stereocenters. The third-order valence-electron chi connectivity index (χ3n) is 2.68. The SMILES string of the molecule is CCN1CCN(CCO)C(C)C1. The summed E-state index contributed by atoms with van der Waals surface area (Å²) in [5.41, 5.74) is 0. The maximum Gasteiger partial charge on any atom is 0.0558 e. The number of aliphatic hydroxyl groups excluding tert-OH is 1. The highest BCUT2D eigenvalue weighted by molar-refractivity contribution is 4.77. The van der Waals surface area contributed by atoms with Crippen LogP contribution in [0.2, 0.25) is 0 Å². The molecular weight excluding hydrogens is 152 g/mol. The molecule has 3 heteroatoms. The molecule has 0 aromatic carbocycles. The van der Waals surface area contributed by atoms with Gasteiger partial charge in [-0.15, -0.1) is 0 Å². The van der Waals surface area contributed by atoms with Crippen LogP contribution in [-0.4, -0.2) is 60.3 Å². The van der Waals surface area contributed by atoms with Gasteiger partial charge in [0, 0.05) is 32.2 Å². The topological polar surface area (TPSA) is 26.7 Å². The Morgan fingerprint density at radius 1 is 1.42 bits per heavy atom. The van der Waals surface area contributed by atoms with Crippen molar-refractivity contribution < 1.29 is 5.11 Å². The highest BCUT2D eigenvalue weighted by Gasteiger charge is 2.21. The van der Waals surface area contributed by atoms with Crippen LogP contribution in [0.5, 0.6) is 0 Å². The van der Waals surface area contributed by atoms with Crippen molar-refractivity contribution in [2.75, 3.05) is 39.3 Å². The lowest BCUT2D eigenvalue weighted by Crippen LogP contribution is -2.52. The van der Waals surface area contributed by atoms with Crippen molar-refractivity contribution in [1.29, 1.82) is 0 Å². The van der Waals surface area contributed by atoms with Gasteiger partial charge in [0.1, 0.15) is 0 Å². The normalized spacial score (nSPS) is 27.8. The monoisotopic (exact) mass is 172 g/mol. The molecule has 0 aromatic rings. The van der Waals surface area contributed by atoms with Crippen LogP contribution in [0, 0.1) is 0 Å². The average Bonchev–Trinajstić information content (AvgIpc) is 2.09. The maximum absolute atomic E-state index is 8.80. The summed E-state index contributed by atoms with van der Waals surface area (Å²) in [5, 5.41) is 8.80. The standard InChI is InChI=1S/C9H20N2O/c1-3-10-4-5-11(6-7-12)9(2)8-10/h9,12H,3-8H2,1-2H3. The molecule has 0 amide bonds. The molecule has 1 fully saturated rings. The zero-order valence-corrected chi connectivity index (χ0v) is 8.16. The molecule has 0 radical (unpaired) electrons. The molecule has 0 saturated carbocycles. The zero-order valence-electron chi connectivity index (χ0n) is 8.16. The average molecular weight is 172 g/mol. The van der Waals surface area contributed by atoms with Gasteiger partial charge in [-0.2, -0.15) is 0 Å². The smallest absolute Gasteiger partial charge is 0.0558 e. The summed E-state index contributed by atoms with van der Waals surface area (Å²) in [4.78, 5) is 4.81. The van der Waals surface area contributed by atoms with Crippen LogP contribution < -0.4 is 0 Å². The number of rotatable bonds is 3. The van der Waals surface area contributed by atoms with Crippen molar-refractivity contribution in [3.05, 3.63) is 0 Å². The van der Waals surface area contributed by atoms with Crippen LogP contribution in [0.1, 0.15) is 13.8 Å². The number of β-amino-alcohol motifs (C(OH)–C–C–N with tert-alkyl or cyclic N) is 1. The first kappa shape index (κ1) is 9.96. The fourth-order valence-corrected chi connectivity index (χ4v) is 1.82. The quantitative estimate of drug-likeness (QED) is 0.649. The summed E-state index contributed by atoms with van der Waals surface area (Å²) in [6, 6.07) is 0.603. The number of piperazine rings is 1. The molecule has 72 valence electrons. The van der Waals surface area contributed by atoms with E-state index < -0.39 is 0 Å². The molecule has 1 heterocycles. The van der Waals surface area contributed by atoms with Crippen LogP contribution in [-0.2, 0) is 0 Å². The highest BCUT2D eigenvalue weighted by Crippen LogP contribution is 2.07. The molecule has 1 rings (SSSR count). The van der Waals surface area contributed by atoms with Crippen molar-refractivity contribution in [1.82, 2.24) is 9.80 Å². The number of hydrogen-bond donors (Lipinski definition) is 1. The Morgan fingerprint density at radius 3 is 2.67 bits per heavy atom. The largest absolute Gasteiger partial charge is 0.395 e. The number of aliphatic hydroxyl groups is 1. The van der Waals surface area contributed by atoms with E-state index in [9.17, 15) is 0 Å². The molecular formula is C9H20N2O. The summed E-state index contributed by atoms with van der Waals surface area (Å²) >= 11 is 0. The molecule has 1 N–H and O–H groups in total. The van der Waals surface area contributed by atoms with Gasteiger partial charge in [0.05, 0.1) is 6.61 Å². The minimum Gasteiger partial charge on any atom is -0.395 e. The molecule has 0 aromatic heterocycles. The van der Waals surface area contributed by atoms with Crippen molar-refractivity contribution in [2.24, 2.45) is 0 Å². The van der Waals surface area contributed by atoms with Crippen LogP contribution in [0.3, 0.4) is 0 Å². The Bertz CT molecular complexity index is 130. The lowest BCUT2D eigenvalue weighted by molar-refractivity contribution is 0.0715. The van der Waals surface area contributed by atoms with Crippen molar-refractivity contribution >= 4 is 0 Å². The minimum absolute atomic E-state index is 0.288. The van der Waals surface area contributed by atoms with E-state index >= 15 is 0 Å². The second-order valence-electron chi connectivity index (χ2n) is 3.50. The van der Waals surface area contributed by atoms with Gasteiger partial charge in [-0.05, 0) is 13.5 Å². The van der Waals surface area contributed by atoms with E-state index in [1.54, 1.807) is 0 Å². The molecule has 1 saturated heterocycles. The van der Waals surface area contributed by atoms with Crippen LogP contribution in [0.25, 0.3) is 0 Å². The van der Waals surface area contributed by atoms with Crippen molar-refractivity contribution in [2.45, 2.75) is 19.9 Å². The molecule has 1 aliphatic rings. The first-order valence-electron chi connectivity index (χ1n) is 4.85. The fourth-order valence-electron chi connectivity index (χ4n) is 1.82. The summed E-state index contributed by atoms with van der Waals surface area (Å²) in [7, 11) is 0. The van der Waals surface area contributed by atoms with E-state index in [-0.39, 0.29) is 6.61 Å². The van der Waals surface area contributed by atoms with Crippen LogP contribution >= 0.6 is 0 Å². The molecule has 1 unspecified atom stereocenters. The summed E-state index contributed by atoms with van der Waals surface area (Å²) in [6.45, 7) is 10.1. The molecule has 12 heavy (non-hydrogen) atoms. The van der Waals surface area contributed by atoms with Gasteiger partial charge in [0.15, 0.2) is 0 Å². The first-order chi connectivity index (χ1) is 5.77. The molecule has 1 aliphatic heterocycles. The zero-order chi connectivity index (χ0) is 8.97. The number of likely N-dealkylation sites (N-methyl/N-ethyl adjacent to an activating group) is 1. The van der Waals surface area contributed by atoms with Gasteiger partial charge < -0.3 is 10.0 Å². The summed E-state index contributed by atoms with van der Waals surface area (Å²) in [5.74, 6) is 0. The third-order valence-corrected chi connectivity index (χ3v) is 2.68. The van der Waals surface area contributed by atoms with Gasteiger partial charge in [0.2, 0.25) is 0 Å². The minimum atomic E-state index is 0.288. The predicted octanol–water partition coefficient (Wildman–Crippen LogP) is 0.00470. The van der Waals surface area contributed by atoms with E-state index in [1.165, 1.54) is 0 Å². The van der Waals surface area contributed by atoms with Gasteiger partial charge >= 0.3 is 0 Å². The van der Waals surface area contributed by atoms with Crippen molar-refractivity contribution in [3.63, 3.8) is 0 Å².